The van der Waals surface area contributed by atoms with Crippen molar-refractivity contribution in [2.45, 2.75) is 42.9 Å². The molecular formula is C12H17NO2S. The first-order valence-corrected chi connectivity index (χ1v) is 6.42. The zero-order chi connectivity index (χ0) is 12.0. The van der Waals surface area contributed by atoms with E-state index in [0.717, 1.165) is 11.3 Å². The third-order valence-corrected chi connectivity index (χ3v) is 4.05. The fraction of sp³-hybridized carbons (Fsp3) is 0.500. The van der Waals surface area contributed by atoms with Crippen molar-refractivity contribution in [3.05, 3.63) is 40.4 Å². The summed E-state index contributed by atoms with van der Waals surface area (Å²) in [7, 11) is 0. The second-order valence-electron chi connectivity index (χ2n) is 3.64. The minimum absolute atomic E-state index is 0.0578. The van der Waals surface area contributed by atoms with Crippen molar-refractivity contribution in [2.24, 2.45) is 0 Å². The number of rotatable bonds is 6. The monoisotopic (exact) mass is 239 g/mol. The third kappa shape index (κ3) is 3.52. The molecule has 2 atom stereocenters. The molecule has 0 heterocycles. The van der Waals surface area contributed by atoms with E-state index in [9.17, 15) is 10.1 Å². The first-order valence-electron chi connectivity index (χ1n) is 5.54. The van der Waals surface area contributed by atoms with Gasteiger partial charge in [0.2, 0.25) is 6.04 Å². The molecular weight excluding hydrogens is 222 g/mol. The molecule has 0 aliphatic heterocycles. The van der Waals surface area contributed by atoms with E-state index in [-0.39, 0.29) is 10.2 Å². The molecule has 0 spiro atoms. The van der Waals surface area contributed by atoms with E-state index in [1.807, 2.05) is 44.2 Å². The molecule has 1 rings (SSSR count). The second-order valence-corrected chi connectivity index (χ2v) is 4.95. The largest absolute Gasteiger partial charge is 0.264 e. The van der Waals surface area contributed by atoms with E-state index in [2.05, 4.69) is 0 Å². The summed E-state index contributed by atoms with van der Waals surface area (Å²) in [6.07, 6.45) is 1.41. The van der Waals surface area contributed by atoms with E-state index >= 15 is 0 Å². The Morgan fingerprint density at radius 2 is 1.88 bits per heavy atom. The van der Waals surface area contributed by atoms with E-state index in [4.69, 9.17) is 0 Å². The molecule has 0 N–H and O–H groups in total. The first-order chi connectivity index (χ1) is 7.69. The molecule has 0 aromatic heterocycles. The fourth-order valence-corrected chi connectivity index (χ4v) is 2.93. The normalized spacial score (nSPS) is 14.4. The van der Waals surface area contributed by atoms with Gasteiger partial charge >= 0.3 is 0 Å². The van der Waals surface area contributed by atoms with Crippen molar-refractivity contribution in [1.29, 1.82) is 0 Å². The zero-order valence-corrected chi connectivity index (χ0v) is 10.4. The summed E-state index contributed by atoms with van der Waals surface area (Å²) in [4.78, 5) is 11.9. The van der Waals surface area contributed by atoms with E-state index < -0.39 is 6.04 Å². The second kappa shape index (κ2) is 6.53. The Morgan fingerprint density at radius 3 is 2.31 bits per heavy atom. The number of nitrogens with zero attached hydrogens (tertiary/aromatic N) is 1. The molecule has 0 saturated carbocycles. The Bertz CT molecular complexity index is 329. The molecule has 0 aliphatic carbocycles. The van der Waals surface area contributed by atoms with Crippen LogP contribution in [0.2, 0.25) is 0 Å². The summed E-state index contributed by atoms with van der Waals surface area (Å²) in [6.45, 7) is 3.88. The lowest BCUT2D eigenvalue weighted by atomic mass is 10.1. The molecule has 0 amide bonds. The van der Waals surface area contributed by atoms with Gasteiger partial charge in [-0.1, -0.05) is 32.0 Å². The maximum absolute atomic E-state index is 10.9. The Labute approximate surface area is 100 Å². The van der Waals surface area contributed by atoms with E-state index in [1.54, 1.807) is 11.8 Å². The highest BCUT2D eigenvalue weighted by atomic mass is 32.2. The predicted octanol–water partition coefficient (Wildman–Crippen LogP) is 3.61. The van der Waals surface area contributed by atoms with Crippen molar-refractivity contribution in [3.63, 3.8) is 0 Å². The van der Waals surface area contributed by atoms with E-state index in [0.29, 0.717) is 6.42 Å². The summed E-state index contributed by atoms with van der Waals surface area (Å²) in [5.74, 6) is 0. The minimum atomic E-state index is -0.449. The molecule has 0 fully saturated rings. The van der Waals surface area contributed by atoms with Gasteiger partial charge < -0.3 is 0 Å². The van der Waals surface area contributed by atoms with Crippen molar-refractivity contribution >= 4 is 11.8 Å². The molecule has 0 aliphatic rings. The maximum atomic E-state index is 10.9. The number of hydrogen-bond donors (Lipinski definition) is 0. The number of thioether (sulfide) groups is 1. The molecule has 1 aromatic carbocycles. The summed E-state index contributed by atoms with van der Waals surface area (Å²) in [5.41, 5.74) is 0. The van der Waals surface area contributed by atoms with Gasteiger partial charge in [0, 0.05) is 16.2 Å². The molecule has 1 aromatic rings. The van der Waals surface area contributed by atoms with Gasteiger partial charge in [0.1, 0.15) is 0 Å². The van der Waals surface area contributed by atoms with Crippen LogP contribution in [0, 0.1) is 10.1 Å². The van der Waals surface area contributed by atoms with Crippen molar-refractivity contribution in [3.8, 4) is 0 Å². The molecule has 16 heavy (non-hydrogen) atoms. The predicted molar refractivity (Wildman–Crippen MR) is 67.5 cm³/mol. The quantitative estimate of drug-likeness (QED) is 0.432. The summed E-state index contributed by atoms with van der Waals surface area (Å²) >= 11 is 1.61. The van der Waals surface area contributed by atoms with E-state index in [1.165, 1.54) is 0 Å². The maximum Gasteiger partial charge on any atom is 0.224 e. The lowest BCUT2D eigenvalue weighted by Crippen LogP contribution is -2.30. The van der Waals surface area contributed by atoms with Crippen molar-refractivity contribution in [2.75, 3.05) is 0 Å². The third-order valence-electron chi connectivity index (χ3n) is 2.55. The lowest BCUT2D eigenvalue weighted by molar-refractivity contribution is -0.522. The molecule has 0 bridgehead atoms. The van der Waals surface area contributed by atoms with Crippen LogP contribution in [-0.2, 0) is 0 Å². The average molecular weight is 239 g/mol. The summed E-state index contributed by atoms with van der Waals surface area (Å²) < 4.78 is 0. The molecule has 0 saturated heterocycles. The van der Waals surface area contributed by atoms with Crippen LogP contribution in [0.5, 0.6) is 0 Å². The summed E-state index contributed by atoms with van der Waals surface area (Å²) in [5, 5.41) is 11.0. The minimum Gasteiger partial charge on any atom is -0.264 e. The van der Waals surface area contributed by atoms with Gasteiger partial charge in [-0.25, -0.2) is 0 Å². The number of nitro groups is 1. The van der Waals surface area contributed by atoms with Crippen molar-refractivity contribution < 1.29 is 4.92 Å². The molecule has 88 valence electrons. The van der Waals surface area contributed by atoms with Crippen LogP contribution in [0.3, 0.4) is 0 Å². The van der Waals surface area contributed by atoms with Crippen LogP contribution in [0.25, 0.3) is 0 Å². The molecule has 0 unspecified atom stereocenters. The van der Waals surface area contributed by atoms with Crippen LogP contribution in [0.4, 0.5) is 0 Å². The van der Waals surface area contributed by atoms with Crippen LogP contribution < -0.4 is 0 Å². The van der Waals surface area contributed by atoms with Gasteiger partial charge in [-0.2, -0.15) is 0 Å². The number of benzene rings is 1. The van der Waals surface area contributed by atoms with Gasteiger partial charge in [0.05, 0.1) is 5.25 Å². The van der Waals surface area contributed by atoms with Crippen LogP contribution >= 0.6 is 11.8 Å². The SMILES string of the molecule is CC[C@@H](Sc1ccccc1)[C@H](CC)[N+](=O)[O-]. The molecule has 0 radical (unpaired) electrons. The zero-order valence-electron chi connectivity index (χ0n) is 9.63. The lowest BCUT2D eigenvalue weighted by Gasteiger charge is -2.17. The van der Waals surface area contributed by atoms with Gasteiger partial charge in [-0.15, -0.1) is 11.8 Å². The van der Waals surface area contributed by atoms with Crippen LogP contribution in [-0.4, -0.2) is 16.2 Å². The average Bonchev–Trinajstić information content (AvgIpc) is 2.29. The smallest absolute Gasteiger partial charge is 0.224 e. The van der Waals surface area contributed by atoms with Crippen LogP contribution in [0.15, 0.2) is 35.2 Å². The standard InChI is InChI=1S/C12H17NO2S/c1-3-11(13(14)15)12(4-2)16-10-8-6-5-7-9-10/h5-9,11-12H,3-4H2,1-2H3/t11-,12+/m0/s1. The Balaban J connectivity index is 2.71. The van der Waals surface area contributed by atoms with Crippen molar-refractivity contribution in [1.82, 2.24) is 0 Å². The molecule has 3 nitrogen and oxygen atoms in total. The number of hydrogen-bond acceptors (Lipinski definition) is 3. The summed E-state index contributed by atoms with van der Waals surface area (Å²) in [6, 6.07) is 9.43. The van der Waals surface area contributed by atoms with Gasteiger partial charge in [-0.3, -0.25) is 10.1 Å². The molecule has 4 heteroatoms. The fourth-order valence-electron chi connectivity index (χ4n) is 1.66. The first kappa shape index (κ1) is 13.0. The van der Waals surface area contributed by atoms with Gasteiger partial charge in [0.25, 0.3) is 0 Å². The Hall–Kier alpha value is -1.03. The van der Waals surface area contributed by atoms with Gasteiger partial charge in [-0.05, 0) is 18.6 Å². The van der Waals surface area contributed by atoms with Gasteiger partial charge in [0.15, 0.2) is 0 Å². The van der Waals surface area contributed by atoms with Crippen LogP contribution in [0.1, 0.15) is 26.7 Å². The Morgan fingerprint density at radius 1 is 1.25 bits per heavy atom. The highest BCUT2D eigenvalue weighted by Gasteiger charge is 2.28. The Kier molecular flexibility index (Phi) is 5.32. The highest BCUT2D eigenvalue weighted by molar-refractivity contribution is 8.00. The highest BCUT2D eigenvalue weighted by Crippen LogP contribution is 2.29. The topological polar surface area (TPSA) is 43.1 Å².